The first-order chi connectivity index (χ1) is 5.37. The van der Waals surface area contributed by atoms with E-state index in [2.05, 4.69) is 6.55 Å². The summed E-state index contributed by atoms with van der Waals surface area (Å²) in [6, 6.07) is 0. The van der Waals surface area contributed by atoms with Crippen LogP contribution < -0.4 is 0 Å². The van der Waals surface area contributed by atoms with Crippen molar-refractivity contribution < 1.29 is 9.47 Å². The minimum Gasteiger partial charge on any atom is -0.376 e. The molecule has 2 nitrogen and oxygen atoms in total. The second-order valence-electron chi connectivity index (χ2n) is 3.55. The molecule has 0 spiro atoms. The van der Waals surface area contributed by atoms with E-state index in [0.29, 0.717) is 6.10 Å². The topological polar surface area (TPSA) is 21.8 Å². The van der Waals surface area contributed by atoms with Crippen molar-refractivity contribution in [2.24, 2.45) is 0 Å². The molecule has 2 aliphatic rings. The Morgan fingerprint density at radius 1 is 1.45 bits per heavy atom. The molecule has 0 aromatic heterocycles. The Hall–Kier alpha value is 0.137. The highest BCUT2D eigenvalue weighted by atomic mass is 28.2. The number of hydrogen-bond acceptors (Lipinski definition) is 2. The van der Waals surface area contributed by atoms with Gasteiger partial charge in [-0.15, -0.1) is 0 Å². The van der Waals surface area contributed by atoms with E-state index in [1.54, 1.807) is 0 Å². The summed E-state index contributed by atoms with van der Waals surface area (Å²) in [5.41, 5.74) is 0. The molecular formula is C8H16O2Si. The van der Waals surface area contributed by atoms with E-state index in [4.69, 9.17) is 9.47 Å². The number of hydrogen-bond donors (Lipinski definition) is 0. The van der Waals surface area contributed by atoms with Crippen LogP contribution in [0.3, 0.4) is 0 Å². The van der Waals surface area contributed by atoms with Gasteiger partial charge in [-0.2, -0.15) is 0 Å². The second-order valence-corrected chi connectivity index (χ2v) is 5.45. The van der Waals surface area contributed by atoms with Gasteiger partial charge in [0.05, 0.1) is 21.4 Å². The Kier molecular flexibility index (Phi) is 2.04. The summed E-state index contributed by atoms with van der Waals surface area (Å²) < 4.78 is 11.2. The Labute approximate surface area is 70.1 Å². The van der Waals surface area contributed by atoms with Gasteiger partial charge in [-0.05, 0) is 19.3 Å². The highest BCUT2D eigenvalue weighted by Crippen LogP contribution is 2.34. The molecule has 2 rings (SSSR count). The van der Waals surface area contributed by atoms with Crippen LogP contribution in [-0.4, -0.2) is 34.1 Å². The third kappa shape index (κ3) is 1.37. The van der Waals surface area contributed by atoms with Crippen LogP contribution in [0.15, 0.2) is 0 Å². The van der Waals surface area contributed by atoms with Crippen LogP contribution in [0.1, 0.15) is 19.3 Å². The van der Waals surface area contributed by atoms with Crippen molar-refractivity contribution in [1.29, 1.82) is 0 Å². The summed E-state index contributed by atoms with van der Waals surface area (Å²) in [6.45, 7) is 4.27. The minimum absolute atomic E-state index is 0.0708. The molecular weight excluding hydrogens is 156 g/mol. The molecule has 0 saturated carbocycles. The van der Waals surface area contributed by atoms with Gasteiger partial charge in [-0.3, -0.25) is 0 Å². The normalized spacial score (nSPS) is 45.0. The predicted molar refractivity (Wildman–Crippen MR) is 46.7 cm³/mol. The highest BCUT2D eigenvalue weighted by molar-refractivity contribution is 6.38. The molecule has 2 atom stereocenters. The predicted octanol–water partition coefficient (Wildman–Crippen LogP) is 0.499. The van der Waals surface area contributed by atoms with E-state index < -0.39 is 0 Å². The lowest BCUT2D eigenvalue weighted by molar-refractivity contribution is -0.0364. The number of ether oxygens (including phenoxy) is 2. The van der Waals surface area contributed by atoms with Crippen molar-refractivity contribution in [1.82, 2.24) is 0 Å². The maximum absolute atomic E-state index is 5.88. The first kappa shape index (κ1) is 7.77. The fourth-order valence-corrected chi connectivity index (χ4v) is 3.63. The standard InChI is InChI=1S/C8H16O2Si/c1-11-8(7-6-9-7)4-2-3-5-10-8/h7H,2-6,11H2,1H3. The third-order valence-electron chi connectivity index (χ3n) is 2.90. The second kappa shape index (κ2) is 2.88. The molecule has 2 heterocycles. The van der Waals surface area contributed by atoms with Crippen molar-refractivity contribution in [3.63, 3.8) is 0 Å². The summed E-state index contributed by atoms with van der Waals surface area (Å²) in [7, 11) is -0.0708. The largest absolute Gasteiger partial charge is 0.376 e. The lowest BCUT2D eigenvalue weighted by atomic mass is 10.1. The molecule has 2 fully saturated rings. The fourth-order valence-electron chi connectivity index (χ4n) is 1.99. The molecule has 2 aliphatic heterocycles. The monoisotopic (exact) mass is 172 g/mol. The summed E-state index contributed by atoms with van der Waals surface area (Å²) in [4.78, 5) is 0. The molecule has 0 aromatic carbocycles. The zero-order chi connectivity index (χ0) is 7.73. The molecule has 0 aliphatic carbocycles. The first-order valence-electron chi connectivity index (χ1n) is 4.63. The molecule has 2 saturated heterocycles. The van der Waals surface area contributed by atoms with Crippen LogP contribution >= 0.6 is 0 Å². The van der Waals surface area contributed by atoms with Gasteiger partial charge in [0.2, 0.25) is 0 Å². The van der Waals surface area contributed by atoms with Crippen molar-refractivity contribution >= 4 is 9.52 Å². The van der Waals surface area contributed by atoms with Crippen LogP contribution in [0, 0.1) is 0 Å². The van der Waals surface area contributed by atoms with Crippen molar-refractivity contribution in [2.75, 3.05) is 13.2 Å². The maximum Gasteiger partial charge on any atom is 0.106 e. The van der Waals surface area contributed by atoms with Gasteiger partial charge in [0.25, 0.3) is 0 Å². The number of rotatable bonds is 2. The van der Waals surface area contributed by atoms with Crippen LogP contribution in [-0.2, 0) is 9.47 Å². The average Bonchev–Trinajstić information content (AvgIpc) is 2.88. The van der Waals surface area contributed by atoms with E-state index in [1.807, 2.05) is 0 Å². The average molecular weight is 172 g/mol. The number of epoxide rings is 1. The third-order valence-corrected chi connectivity index (χ3v) is 5.11. The van der Waals surface area contributed by atoms with Crippen molar-refractivity contribution in [2.45, 2.75) is 37.1 Å². The van der Waals surface area contributed by atoms with Gasteiger partial charge >= 0.3 is 0 Å². The van der Waals surface area contributed by atoms with Gasteiger partial charge in [-0.25, -0.2) is 0 Å². The van der Waals surface area contributed by atoms with Crippen LogP contribution in [0.25, 0.3) is 0 Å². The quantitative estimate of drug-likeness (QED) is 0.447. The molecule has 0 amide bonds. The smallest absolute Gasteiger partial charge is 0.106 e. The van der Waals surface area contributed by atoms with E-state index in [-0.39, 0.29) is 14.7 Å². The van der Waals surface area contributed by atoms with Gasteiger partial charge in [0.1, 0.15) is 6.10 Å². The minimum atomic E-state index is -0.0708. The Morgan fingerprint density at radius 3 is 2.73 bits per heavy atom. The molecule has 0 aromatic rings. The molecule has 64 valence electrons. The SMILES string of the molecule is C[SiH2]C1(C2CO2)CCCCO1. The van der Waals surface area contributed by atoms with E-state index >= 15 is 0 Å². The van der Waals surface area contributed by atoms with E-state index in [0.717, 1.165) is 13.2 Å². The molecule has 0 bridgehead atoms. The Morgan fingerprint density at radius 2 is 2.27 bits per heavy atom. The molecule has 0 radical (unpaired) electrons. The van der Waals surface area contributed by atoms with E-state index in [9.17, 15) is 0 Å². The van der Waals surface area contributed by atoms with Gasteiger partial charge in [0, 0.05) is 6.61 Å². The van der Waals surface area contributed by atoms with Gasteiger partial charge in [-0.1, -0.05) is 6.55 Å². The van der Waals surface area contributed by atoms with Gasteiger partial charge in [0.15, 0.2) is 0 Å². The fraction of sp³-hybridized carbons (Fsp3) is 1.00. The zero-order valence-electron chi connectivity index (χ0n) is 7.14. The summed E-state index contributed by atoms with van der Waals surface area (Å²) in [6.07, 6.45) is 4.35. The Bertz CT molecular complexity index is 139. The molecule has 11 heavy (non-hydrogen) atoms. The summed E-state index contributed by atoms with van der Waals surface area (Å²) >= 11 is 0. The van der Waals surface area contributed by atoms with Crippen LogP contribution in [0.5, 0.6) is 0 Å². The van der Waals surface area contributed by atoms with Crippen molar-refractivity contribution in [3.05, 3.63) is 0 Å². The van der Waals surface area contributed by atoms with E-state index in [1.165, 1.54) is 19.3 Å². The zero-order valence-corrected chi connectivity index (χ0v) is 8.55. The Balaban J connectivity index is 2.01. The first-order valence-corrected chi connectivity index (χ1v) is 6.75. The van der Waals surface area contributed by atoms with Crippen LogP contribution in [0.4, 0.5) is 0 Å². The lowest BCUT2D eigenvalue weighted by Gasteiger charge is -2.35. The summed E-state index contributed by atoms with van der Waals surface area (Å²) in [5.74, 6) is 0. The van der Waals surface area contributed by atoms with Crippen LogP contribution in [0.2, 0.25) is 6.55 Å². The highest BCUT2D eigenvalue weighted by Gasteiger charge is 2.47. The lowest BCUT2D eigenvalue weighted by Crippen LogP contribution is -2.46. The van der Waals surface area contributed by atoms with Gasteiger partial charge < -0.3 is 9.47 Å². The maximum atomic E-state index is 5.88. The molecule has 0 N–H and O–H groups in total. The molecule has 3 heteroatoms. The summed E-state index contributed by atoms with van der Waals surface area (Å²) in [5, 5.41) is 0.248. The van der Waals surface area contributed by atoms with Crippen molar-refractivity contribution in [3.8, 4) is 0 Å². The molecule has 2 unspecified atom stereocenters.